The van der Waals surface area contributed by atoms with E-state index in [-0.39, 0.29) is 11.4 Å². The molecule has 0 aromatic heterocycles. The molecule has 0 radical (unpaired) electrons. The van der Waals surface area contributed by atoms with E-state index >= 15 is 0 Å². The highest BCUT2D eigenvalue weighted by atomic mass is 79.9. The quantitative estimate of drug-likeness (QED) is 0.803. The Morgan fingerprint density at radius 1 is 1.50 bits per heavy atom. The molecule has 98 valence electrons. The number of rotatable bonds is 3. The van der Waals surface area contributed by atoms with E-state index in [2.05, 4.69) is 15.9 Å². The van der Waals surface area contributed by atoms with Crippen LogP contribution in [0.3, 0.4) is 0 Å². The van der Waals surface area contributed by atoms with Crippen molar-refractivity contribution in [3.63, 3.8) is 0 Å². The van der Waals surface area contributed by atoms with Gasteiger partial charge in [0, 0.05) is 29.9 Å². The summed E-state index contributed by atoms with van der Waals surface area (Å²) in [4.78, 5) is 14.2. The van der Waals surface area contributed by atoms with Crippen molar-refractivity contribution in [3.05, 3.63) is 29.3 Å². The summed E-state index contributed by atoms with van der Waals surface area (Å²) in [5, 5.41) is 0.746. The molecule has 1 aliphatic rings. The molecule has 0 aliphatic carbocycles. The van der Waals surface area contributed by atoms with Crippen LogP contribution in [0.5, 0.6) is 5.75 Å². The molecule has 0 unspecified atom stereocenters. The minimum atomic E-state index is -0.202. The Bertz CT molecular complexity index is 471. The van der Waals surface area contributed by atoms with Crippen molar-refractivity contribution in [2.75, 3.05) is 19.0 Å². The summed E-state index contributed by atoms with van der Waals surface area (Å²) < 4.78 is 5.45. The fourth-order valence-corrected chi connectivity index (χ4v) is 2.25. The molecule has 0 spiro atoms. The number of amides is 1. The van der Waals surface area contributed by atoms with E-state index in [0.29, 0.717) is 0 Å². The van der Waals surface area contributed by atoms with Gasteiger partial charge in [-0.1, -0.05) is 15.9 Å². The van der Waals surface area contributed by atoms with Crippen LogP contribution in [0, 0.1) is 0 Å². The van der Waals surface area contributed by atoms with Crippen molar-refractivity contribution < 1.29 is 9.53 Å². The molecule has 0 saturated heterocycles. The molecule has 4 heteroatoms. The lowest BCUT2D eigenvalue weighted by Crippen LogP contribution is -2.46. The number of fused-ring (bicyclic) bond motifs is 1. The second-order valence-electron chi connectivity index (χ2n) is 5.23. The first-order valence-corrected chi connectivity index (χ1v) is 7.18. The topological polar surface area (TPSA) is 29.5 Å². The van der Waals surface area contributed by atoms with Crippen LogP contribution in [0.15, 0.2) is 18.2 Å². The summed E-state index contributed by atoms with van der Waals surface area (Å²) in [7, 11) is 1.84. The van der Waals surface area contributed by atoms with Gasteiger partial charge in [0.2, 0.25) is 0 Å². The number of hydrogen-bond acceptors (Lipinski definition) is 2. The van der Waals surface area contributed by atoms with Crippen molar-refractivity contribution >= 4 is 21.8 Å². The molecule has 1 heterocycles. The van der Waals surface area contributed by atoms with E-state index in [1.807, 2.05) is 39.1 Å². The average Bonchev–Trinajstić information content (AvgIpc) is 2.84. The van der Waals surface area contributed by atoms with Gasteiger partial charge in [0.15, 0.2) is 0 Å². The Balaban J connectivity index is 2.24. The van der Waals surface area contributed by atoms with Gasteiger partial charge in [-0.15, -0.1) is 0 Å². The number of hydrogen-bond donors (Lipinski definition) is 0. The van der Waals surface area contributed by atoms with Gasteiger partial charge in [-0.2, -0.15) is 0 Å². The molecule has 0 atom stereocenters. The number of benzene rings is 1. The van der Waals surface area contributed by atoms with Crippen LogP contribution in [0.1, 0.15) is 29.8 Å². The predicted molar refractivity (Wildman–Crippen MR) is 75.6 cm³/mol. The zero-order chi connectivity index (χ0) is 13.3. The van der Waals surface area contributed by atoms with Crippen LogP contribution in [-0.2, 0) is 6.42 Å². The molecule has 1 aliphatic heterocycles. The summed E-state index contributed by atoms with van der Waals surface area (Å²) in [6.07, 6.45) is 0.891. The maximum absolute atomic E-state index is 12.4. The molecule has 1 aromatic carbocycles. The molecular formula is C14H18BrNO2. The monoisotopic (exact) mass is 311 g/mol. The third-order valence-electron chi connectivity index (χ3n) is 3.48. The van der Waals surface area contributed by atoms with Gasteiger partial charge in [-0.3, -0.25) is 4.79 Å². The zero-order valence-electron chi connectivity index (χ0n) is 11.0. The second kappa shape index (κ2) is 4.92. The van der Waals surface area contributed by atoms with E-state index in [1.54, 1.807) is 4.90 Å². The van der Waals surface area contributed by atoms with Gasteiger partial charge in [-0.25, -0.2) is 0 Å². The molecule has 3 nitrogen and oxygen atoms in total. The lowest BCUT2D eigenvalue weighted by molar-refractivity contribution is 0.0663. The first-order valence-electron chi connectivity index (χ1n) is 6.05. The van der Waals surface area contributed by atoms with Crippen LogP contribution >= 0.6 is 15.9 Å². The second-order valence-corrected chi connectivity index (χ2v) is 5.79. The van der Waals surface area contributed by atoms with Gasteiger partial charge in [0.25, 0.3) is 5.91 Å². The fourth-order valence-electron chi connectivity index (χ4n) is 1.88. The molecule has 0 bridgehead atoms. The number of carbonyl (C=O) groups is 1. The van der Waals surface area contributed by atoms with Crippen molar-refractivity contribution in [2.24, 2.45) is 0 Å². The predicted octanol–water partition coefficient (Wildman–Crippen LogP) is 2.87. The van der Waals surface area contributed by atoms with E-state index in [0.717, 1.165) is 35.2 Å². The Morgan fingerprint density at radius 2 is 2.22 bits per heavy atom. The summed E-state index contributed by atoms with van der Waals surface area (Å²) in [6, 6.07) is 5.68. The highest BCUT2D eigenvalue weighted by Crippen LogP contribution is 2.27. The third-order valence-corrected chi connectivity index (χ3v) is 4.85. The number of carbonyl (C=O) groups excluding carboxylic acids is 1. The Hall–Kier alpha value is -1.03. The van der Waals surface area contributed by atoms with E-state index in [1.165, 1.54) is 0 Å². The number of nitrogens with zero attached hydrogens (tertiary/aromatic N) is 1. The van der Waals surface area contributed by atoms with Crippen molar-refractivity contribution in [3.8, 4) is 5.75 Å². The smallest absolute Gasteiger partial charge is 0.254 e. The average molecular weight is 312 g/mol. The standard InChI is InChI=1S/C14H18BrNO2/c1-14(2,9-15)16(3)13(17)11-4-5-12-10(8-11)6-7-18-12/h4-5,8H,6-7,9H2,1-3H3. The van der Waals surface area contributed by atoms with E-state index in [9.17, 15) is 4.79 Å². The molecular weight excluding hydrogens is 294 g/mol. The van der Waals surface area contributed by atoms with Gasteiger partial charge in [0.1, 0.15) is 5.75 Å². The number of ether oxygens (including phenoxy) is 1. The molecule has 18 heavy (non-hydrogen) atoms. The summed E-state index contributed by atoms with van der Waals surface area (Å²) in [5.41, 5.74) is 1.66. The largest absolute Gasteiger partial charge is 0.493 e. The zero-order valence-corrected chi connectivity index (χ0v) is 12.6. The number of alkyl halides is 1. The third kappa shape index (κ3) is 2.39. The molecule has 1 amide bonds. The van der Waals surface area contributed by atoms with Crippen LogP contribution < -0.4 is 4.74 Å². The van der Waals surface area contributed by atoms with Crippen LogP contribution in [0.2, 0.25) is 0 Å². The lowest BCUT2D eigenvalue weighted by Gasteiger charge is -2.34. The molecule has 0 saturated carbocycles. The molecule has 1 aromatic rings. The Kier molecular flexibility index (Phi) is 3.66. The van der Waals surface area contributed by atoms with E-state index < -0.39 is 0 Å². The van der Waals surface area contributed by atoms with Gasteiger partial charge in [-0.05, 0) is 37.6 Å². The minimum absolute atomic E-state index is 0.0501. The van der Waals surface area contributed by atoms with Crippen LogP contribution in [0.25, 0.3) is 0 Å². The van der Waals surface area contributed by atoms with E-state index in [4.69, 9.17) is 4.74 Å². The molecule has 2 rings (SSSR count). The summed E-state index contributed by atoms with van der Waals surface area (Å²) in [5.74, 6) is 0.961. The Labute approximate surface area is 116 Å². The highest BCUT2D eigenvalue weighted by Gasteiger charge is 2.27. The first kappa shape index (κ1) is 13.4. The van der Waals surface area contributed by atoms with Crippen molar-refractivity contribution in [1.82, 2.24) is 4.90 Å². The lowest BCUT2D eigenvalue weighted by atomic mass is 10.0. The molecule has 0 fully saturated rings. The summed E-state index contributed by atoms with van der Waals surface area (Å²) in [6.45, 7) is 4.79. The maximum Gasteiger partial charge on any atom is 0.254 e. The minimum Gasteiger partial charge on any atom is -0.493 e. The van der Waals surface area contributed by atoms with Crippen LogP contribution in [-0.4, -0.2) is 35.3 Å². The maximum atomic E-state index is 12.4. The molecule has 0 N–H and O–H groups in total. The van der Waals surface area contributed by atoms with Crippen LogP contribution in [0.4, 0.5) is 0 Å². The Morgan fingerprint density at radius 3 is 2.89 bits per heavy atom. The van der Waals surface area contributed by atoms with Gasteiger partial charge in [0.05, 0.1) is 6.61 Å². The summed E-state index contributed by atoms with van der Waals surface area (Å²) >= 11 is 3.45. The highest BCUT2D eigenvalue weighted by molar-refractivity contribution is 9.09. The number of halogens is 1. The first-order chi connectivity index (χ1) is 8.45. The normalized spacial score (nSPS) is 14.0. The van der Waals surface area contributed by atoms with Gasteiger partial charge < -0.3 is 9.64 Å². The van der Waals surface area contributed by atoms with Gasteiger partial charge >= 0.3 is 0 Å². The SMILES string of the molecule is CN(C(=O)c1ccc2c(c1)CCO2)C(C)(C)CBr. The van der Waals surface area contributed by atoms with Crippen molar-refractivity contribution in [2.45, 2.75) is 25.8 Å². The van der Waals surface area contributed by atoms with Crippen molar-refractivity contribution in [1.29, 1.82) is 0 Å². The fraction of sp³-hybridized carbons (Fsp3) is 0.500.